The molecule has 1 aromatic heterocycles. The molecule has 1 fully saturated rings. The Morgan fingerprint density at radius 2 is 2.54 bits per heavy atom. The number of nitrogens with zero attached hydrogens (tertiary/aromatic N) is 2. The molecule has 68 valence electrons. The molecular weight excluding hydrogens is 166 g/mol. The number of hydrogen-bond donors (Lipinski definition) is 1. The largest absolute Gasteiger partial charge is 0.281 e. The van der Waals surface area contributed by atoms with Crippen LogP contribution >= 0.6 is 0 Å². The van der Waals surface area contributed by atoms with Gasteiger partial charge in [-0.1, -0.05) is 0 Å². The van der Waals surface area contributed by atoms with E-state index in [1.807, 2.05) is 24.1 Å². The summed E-state index contributed by atoms with van der Waals surface area (Å²) in [5.41, 5.74) is 3.71. The number of carbonyl (C=O) groups is 1. The number of anilines is 1. The van der Waals surface area contributed by atoms with Crippen molar-refractivity contribution >= 4 is 11.6 Å². The van der Waals surface area contributed by atoms with Crippen LogP contribution < -0.4 is 10.4 Å². The van der Waals surface area contributed by atoms with E-state index in [4.69, 9.17) is 0 Å². The van der Waals surface area contributed by atoms with E-state index in [0.717, 1.165) is 5.69 Å². The Hall–Kier alpha value is -1.58. The summed E-state index contributed by atoms with van der Waals surface area (Å²) in [4.78, 5) is 15.1. The molecule has 0 spiro atoms. The van der Waals surface area contributed by atoms with E-state index in [1.54, 1.807) is 12.4 Å². The van der Waals surface area contributed by atoms with E-state index in [2.05, 4.69) is 10.4 Å². The van der Waals surface area contributed by atoms with Gasteiger partial charge in [0, 0.05) is 6.20 Å². The highest BCUT2D eigenvalue weighted by atomic mass is 16.2. The first-order valence-corrected chi connectivity index (χ1v) is 4.26. The Morgan fingerprint density at radius 1 is 1.69 bits per heavy atom. The summed E-state index contributed by atoms with van der Waals surface area (Å²) in [6, 6.07) is 3.98. The van der Waals surface area contributed by atoms with Crippen molar-refractivity contribution in [2.45, 2.75) is 19.4 Å². The number of hydrazine groups is 1. The zero-order valence-corrected chi connectivity index (χ0v) is 7.40. The summed E-state index contributed by atoms with van der Waals surface area (Å²) in [5.74, 6) is 0.0661. The highest BCUT2D eigenvalue weighted by Gasteiger charge is 2.26. The molecule has 1 saturated heterocycles. The maximum Gasteiger partial charge on any atom is 0.240 e. The van der Waals surface area contributed by atoms with Gasteiger partial charge in [0.05, 0.1) is 24.3 Å². The van der Waals surface area contributed by atoms with Gasteiger partial charge >= 0.3 is 0 Å². The van der Waals surface area contributed by atoms with Gasteiger partial charge in [0.15, 0.2) is 0 Å². The van der Waals surface area contributed by atoms with E-state index in [0.29, 0.717) is 6.42 Å². The molecule has 13 heavy (non-hydrogen) atoms. The topological polar surface area (TPSA) is 45.2 Å². The second-order valence-corrected chi connectivity index (χ2v) is 3.17. The van der Waals surface area contributed by atoms with Gasteiger partial charge in [-0.2, -0.15) is 0 Å². The summed E-state index contributed by atoms with van der Waals surface area (Å²) in [7, 11) is 0. The molecule has 1 aromatic rings. The lowest BCUT2D eigenvalue weighted by Crippen LogP contribution is -2.37. The van der Waals surface area contributed by atoms with Crippen molar-refractivity contribution in [3.05, 3.63) is 24.5 Å². The standard InChI is InChI=1S/C9H11N3O/c1-7-5-9(13)11-12(7)8-3-2-4-10-6-8/h2-4,6-7H,5H2,1H3,(H,11,13). The number of pyridine rings is 1. The summed E-state index contributed by atoms with van der Waals surface area (Å²) < 4.78 is 0. The molecular formula is C9H11N3O. The van der Waals surface area contributed by atoms with Crippen molar-refractivity contribution < 1.29 is 4.79 Å². The molecule has 0 aromatic carbocycles. The van der Waals surface area contributed by atoms with Crippen molar-refractivity contribution in [2.75, 3.05) is 5.01 Å². The molecule has 0 bridgehead atoms. The van der Waals surface area contributed by atoms with Crippen LogP contribution in [0.2, 0.25) is 0 Å². The van der Waals surface area contributed by atoms with Crippen LogP contribution in [-0.2, 0) is 4.79 Å². The molecule has 4 nitrogen and oxygen atoms in total. The second-order valence-electron chi connectivity index (χ2n) is 3.17. The second kappa shape index (κ2) is 3.05. The average Bonchev–Trinajstić information content (AvgIpc) is 2.47. The zero-order chi connectivity index (χ0) is 9.26. The fourth-order valence-electron chi connectivity index (χ4n) is 1.47. The summed E-state index contributed by atoms with van der Waals surface area (Å²) in [5, 5.41) is 1.84. The Bertz CT molecular complexity index is 312. The lowest BCUT2D eigenvalue weighted by atomic mass is 10.2. The van der Waals surface area contributed by atoms with Gasteiger partial charge in [-0.25, -0.2) is 0 Å². The van der Waals surface area contributed by atoms with Crippen LogP contribution in [0.15, 0.2) is 24.5 Å². The van der Waals surface area contributed by atoms with Gasteiger partial charge in [-0.3, -0.25) is 20.2 Å². The van der Waals surface area contributed by atoms with Gasteiger partial charge in [0.1, 0.15) is 0 Å². The average molecular weight is 177 g/mol. The molecule has 1 atom stereocenters. The molecule has 0 aliphatic carbocycles. The number of hydrogen-bond acceptors (Lipinski definition) is 3. The quantitative estimate of drug-likeness (QED) is 0.687. The molecule has 4 heteroatoms. The Kier molecular flexibility index (Phi) is 1.88. The first-order valence-electron chi connectivity index (χ1n) is 4.26. The Balaban J connectivity index is 2.23. The minimum Gasteiger partial charge on any atom is -0.281 e. The minimum atomic E-state index is 0.0661. The van der Waals surface area contributed by atoms with Gasteiger partial charge in [-0.05, 0) is 19.1 Å². The van der Waals surface area contributed by atoms with E-state index < -0.39 is 0 Å². The molecule has 0 saturated carbocycles. The molecule has 1 amide bonds. The minimum absolute atomic E-state index is 0.0661. The maximum atomic E-state index is 11.1. The van der Waals surface area contributed by atoms with Crippen LogP contribution in [0.25, 0.3) is 0 Å². The van der Waals surface area contributed by atoms with Gasteiger partial charge < -0.3 is 0 Å². The molecule has 0 radical (unpaired) electrons. The summed E-state index contributed by atoms with van der Waals surface area (Å²) in [6.45, 7) is 2.00. The maximum absolute atomic E-state index is 11.1. The summed E-state index contributed by atoms with van der Waals surface area (Å²) in [6.07, 6.45) is 4.00. The molecule has 1 N–H and O–H groups in total. The fraction of sp³-hybridized carbons (Fsp3) is 0.333. The molecule has 2 rings (SSSR count). The predicted octanol–water partition coefficient (Wildman–Crippen LogP) is 0.711. The first-order chi connectivity index (χ1) is 6.27. The lowest BCUT2D eigenvalue weighted by Gasteiger charge is -2.21. The van der Waals surface area contributed by atoms with E-state index in [9.17, 15) is 4.79 Å². The predicted molar refractivity (Wildman–Crippen MR) is 48.9 cm³/mol. The van der Waals surface area contributed by atoms with Crippen LogP contribution in [0, 0.1) is 0 Å². The van der Waals surface area contributed by atoms with Crippen molar-refractivity contribution in [1.82, 2.24) is 10.4 Å². The van der Waals surface area contributed by atoms with Crippen LogP contribution in [-0.4, -0.2) is 16.9 Å². The molecule has 1 aliphatic rings. The number of amides is 1. The summed E-state index contributed by atoms with van der Waals surface area (Å²) >= 11 is 0. The smallest absolute Gasteiger partial charge is 0.240 e. The zero-order valence-electron chi connectivity index (χ0n) is 7.40. The monoisotopic (exact) mass is 177 g/mol. The van der Waals surface area contributed by atoms with Crippen LogP contribution in [0.1, 0.15) is 13.3 Å². The number of rotatable bonds is 1. The van der Waals surface area contributed by atoms with Crippen LogP contribution in [0.4, 0.5) is 5.69 Å². The van der Waals surface area contributed by atoms with Crippen molar-refractivity contribution in [3.8, 4) is 0 Å². The Labute approximate surface area is 76.5 Å². The third kappa shape index (κ3) is 1.47. The van der Waals surface area contributed by atoms with Gasteiger partial charge in [0.25, 0.3) is 0 Å². The molecule has 2 heterocycles. The van der Waals surface area contributed by atoms with Crippen LogP contribution in [0.5, 0.6) is 0 Å². The SMILES string of the molecule is CC1CC(=O)NN1c1cccnc1. The van der Waals surface area contributed by atoms with E-state index in [1.165, 1.54) is 0 Å². The molecule has 1 aliphatic heterocycles. The number of aromatic nitrogens is 1. The normalized spacial score (nSPS) is 21.8. The third-order valence-electron chi connectivity index (χ3n) is 2.09. The lowest BCUT2D eigenvalue weighted by molar-refractivity contribution is -0.119. The molecule has 1 unspecified atom stereocenters. The first kappa shape index (κ1) is 8.04. The Morgan fingerprint density at radius 3 is 3.08 bits per heavy atom. The highest BCUT2D eigenvalue weighted by Crippen LogP contribution is 2.18. The van der Waals surface area contributed by atoms with Crippen molar-refractivity contribution in [1.29, 1.82) is 0 Å². The van der Waals surface area contributed by atoms with Gasteiger partial charge in [0.2, 0.25) is 5.91 Å². The number of nitrogens with one attached hydrogen (secondary N) is 1. The van der Waals surface area contributed by atoms with E-state index in [-0.39, 0.29) is 11.9 Å². The van der Waals surface area contributed by atoms with E-state index >= 15 is 0 Å². The fourth-order valence-corrected chi connectivity index (χ4v) is 1.47. The highest BCUT2D eigenvalue weighted by molar-refractivity contribution is 5.82. The van der Waals surface area contributed by atoms with Gasteiger partial charge in [-0.15, -0.1) is 0 Å². The van der Waals surface area contributed by atoms with Crippen molar-refractivity contribution in [2.24, 2.45) is 0 Å². The van der Waals surface area contributed by atoms with Crippen molar-refractivity contribution in [3.63, 3.8) is 0 Å². The van der Waals surface area contributed by atoms with Crippen LogP contribution in [0.3, 0.4) is 0 Å². The third-order valence-corrected chi connectivity index (χ3v) is 2.09. The number of carbonyl (C=O) groups excluding carboxylic acids is 1.